The van der Waals surface area contributed by atoms with E-state index in [-0.39, 0.29) is 5.56 Å². The third kappa shape index (κ3) is 4.80. The number of hydrogen-bond donors (Lipinski definition) is 2. The summed E-state index contributed by atoms with van der Waals surface area (Å²) in [6.45, 7) is 1.26. The van der Waals surface area contributed by atoms with Gasteiger partial charge in [0.25, 0.3) is 0 Å². The van der Waals surface area contributed by atoms with Gasteiger partial charge in [0.15, 0.2) is 12.4 Å². The lowest BCUT2D eigenvalue weighted by Gasteiger charge is -2.40. The first kappa shape index (κ1) is 19.9. The summed E-state index contributed by atoms with van der Waals surface area (Å²) in [4.78, 5) is 23.3. The van der Waals surface area contributed by atoms with Crippen molar-refractivity contribution in [2.24, 2.45) is 0 Å². The Morgan fingerprint density at radius 3 is 2.48 bits per heavy atom. The van der Waals surface area contributed by atoms with Crippen LogP contribution in [0.5, 0.6) is 0 Å². The number of carbonyl (C=O) groups is 1. The highest BCUT2D eigenvalue weighted by molar-refractivity contribution is 7.30. The van der Waals surface area contributed by atoms with E-state index in [1.807, 2.05) is 6.92 Å². The molecule has 0 bridgehead atoms. The Morgan fingerprint density at radius 1 is 1.32 bits per heavy atom. The molecule has 9 nitrogen and oxygen atoms in total. The van der Waals surface area contributed by atoms with Crippen molar-refractivity contribution < 1.29 is 43.2 Å². The van der Waals surface area contributed by atoms with E-state index in [1.54, 1.807) is 12.1 Å². The van der Waals surface area contributed by atoms with Crippen LogP contribution < -0.4 is 4.89 Å². The van der Waals surface area contributed by atoms with Gasteiger partial charge in [0, 0.05) is 7.11 Å². The molecule has 10 heteroatoms. The van der Waals surface area contributed by atoms with Crippen molar-refractivity contribution in [2.75, 3.05) is 13.7 Å². The fourth-order valence-electron chi connectivity index (χ4n) is 2.46. The lowest BCUT2D eigenvalue weighted by atomic mass is 9.99. The van der Waals surface area contributed by atoms with Crippen molar-refractivity contribution in [3.8, 4) is 0 Å². The van der Waals surface area contributed by atoms with Crippen molar-refractivity contribution >= 4 is 14.2 Å². The zero-order valence-corrected chi connectivity index (χ0v) is 14.5. The van der Waals surface area contributed by atoms with Gasteiger partial charge in [-0.15, -0.1) is 4.52 Å². The number of carbonyl (C=O) groups excluding carboxylic acids is 1. The monoisotopic (exact) mass is 374 g/mol. The molecule has 25 heavy (non-hydrogen) atoms. The van der Waals surface area contributed by atoms with Crippen molar-refractivity contribution in [3.05, 3.63) is 35.4 Å². The molecule has 1 saturated heterocycles. The number of methoxy groups -OCH3 is 1. The SMILES string of the molecule is CO[C@@H]1O[C@H](CO)[C@H](O)[C@H](OC(=O)c2ccc(C)cc2)[C@@H]1O[P+](=O)[O-]. The highest BCUT2D eigenvalue weighted by atomic mass is 31.1. The molecule has 1 aliphatic rings. The maximum Gasteiger partial charge on any atom is 0.489 e. The average molecular weight is 374 g/mol. The molecule has 0 radical (unpaired) electrons. The summed E-state index contributed by atoms with van der Waals surface area (Å²) >= 11 is 0. The Kier molecular flexibility index (Phi) is 6.97. The number of hydrogen-bond acceptors (Lipinski definition) is 9. The van der Waals surface area contributed by atoms with Crippen molar-refractivity contribution in [1.82, 2.24) is 0 Å². The van der Waals surface area contributed by atoms with Crippen LogP contribution in [0.1, 0.15) is 15.9 Å². The molecule has 0 aliphatic carbocycles. The summed E-state index contributed by atoms with van der Waals surface area (Å²) in [6, 6.07) is 6.47. The van der Waals surface area contributed by atoms with Crippen molar-refractivity contribution in [2.45, 2.75) is 37.6 Å². The van der Waals surface area contributed by atoms with E-state index in [1.165, 1.54) is 19.2 Å². The summed E-state index contributed by atoms with van der Waals surface area (Å²) in [6.07, 6.45) is -6.74. The molecule has 6 atom stereocenters. The number of benzene rings is 1. The van der Waals surface area contributed by atoms with Crippen LogP contribution in [-0.4, -0.2) is 60.6 Å². The number of aryl methyl sites for hydroxylation is 1. The van der Waals surface area contributed by atoms with Gasteiger partial charge in [-0.2, -0.15) is 0 Å². The molecule has 138 valence electrons. The highest BCUT2D eigenvalue weighted by Gasteiger charge is 2.51. The molecular weight excluding hydrogens is 355 g/mol. The largest absolute Gasteiger partial charge is 0.566 e. The molecule has 1 aromatic rings. The second-order valence-corrected chi connectivity index (χ2v) is 6.14. The predicted molar refractivity (Wildman–Crippen MR) is 81.6 cm³/mol. The lowest BCUT2D eigenvalue weighted by molar-refractivity contribution is -0.296. The minimum atomic E-state index is -3.33. The predicted octanol–water partition coefficient (Wildman–Crippen LogP) is -0.352. The quantitative estimate of drug-likeness (QED) is 0.506. The third-order valence-corrected chi connectivity index (χ3v) is 4.18. The standard InChI is InChI=1S/C15H19O9P/c1-8-3-5-9(6-4-8)14(18)23-12-11(17)10(7-16)22-15(21-2)13(12)24-25(19)20/h3-6,10-13,15-17H,7H2,1-2H3/t10-,11+,12+,13+,15-/m1/s1. The van der Waals surface area contributed by atoms with Gasteiger partial charge in [0.1, 0.15) is 12.2 Å². The van der Waals surface area contributed by atoms with Crippen LogP contribution >= 0.6 is 8.25 Å². The molecule has 0 amide bonds. The fraction of sp³-hybridized carbons (Fsp3) is 0.533. The Hall–Kier alpha value is -1.45. The minimum Gasteiger partial charge on any atom is -0.566 e. The minimum absolute atomic E-state index is 0.212. The van der Waals surface area contributed by atoms with Gasteiger partial charge in [-0.25, -0.2) is 4.79 Å². The fourth-order valence-corrected chi connectivity index (χ4v) is 2.88. The third-order valence-electron chi connectivity index (χ3n) is 3.77. The number of rotatable bonds is 6. The van der Waals surface area contributed by atoms with Gasteiger partial charge < -0.3 is 29.3 Å². The van der Waals surface area contributed by atoms with E-state index in [9.17, 15) is 24.5 Å². The van der Waals surface area contributed by atoms with Crippen LogP contribution in [0, 0.1) is 6.92 Å². The molecule has 0 aromatic heterocycles. The first-order valence-electron chi connectivity index (χ1n) is 7.43. The maximum atomic E-state index is 12.3. The summed E-state index contributed by atoms with van der Waals surface area (Å²) < 4.78 is 31.2. The second kappa shape index (κ2) is 8.77. The smallest absolute Gasteiger partial charge is 0.489 e. The molecule has 0 spiro atoms. The van der Waals surface area contributed by atoms with E-state index < -0.39 is 51.5 Å². The molecule has 1 aliphatic heterocycles. The van der Waals surface area contributed by atoms with Crippen molar-refractivity contribution in [1.29, 1.82) is 0 Å². The molecule has 1 aromatic carbocycles. The molecule has 1 unspecified atom stereocenters. The number of aliphatic hydroxyl groups excluding tert-OH is 2. The first-order chi connectivity index (χ1) is 11.9. The molecule has 0 saturated carbocycles. The van der Waals surface area contributed by atoms with E-state index in [4.69, 9.17) is 18.7 Å². The maximum absolute atomic E-state index is 12.3. The van der Waals surface area contributed by atoms with E-state index >= 15 is 0 Å². The van der Waals surface area contributed by atoms with Gasteiger partial charge in [-0.05, 0) is 23.6 Å². The number of ether oxygens (including phenoxy) is 3. The first-order valence-corrected chi connectivity index (χ1v) is 8.53. The second-order valence-electron chi connectivity index (χ2n) is 5.48. The lowest BCUT2D eigenvalue weighted by Crippen LogP contribution is -2.60. The number of esters is 1. The van der Waals surface area contributed by atoms with Gasteiger partial charge in [-0.3, -0.25) is 0 Å². The summed E-state index contributed by atoms with van der Waals surface area (Å²) in [5.74, 6) is -0.785. The van der Waals surface area contributed by atoms with Gasteiger partial charge in [-0.1, -0.05) is 17.7 Å². The van der Waals surface area contributed by atoms with E-state index in [2.05, 4.69) is 0 Å². The summed E-state index contributed by atoms with van der Waals surface area (Å²) in [5, 5.41) is 19.6. The Morgan fingerprint density at radius 2 is 1.96 bits per heavy atom. The van der Waals surface area contributed by atoms with Crippen LogP contribution in [0.25, 0.3) is 0 Å². The van der Waals surface area contributed by atoms with Crippen molar-refractivity contribution in [3.63, 3.8) is 0 Å². The van der Waals surface area contributed by atoms with E-state index in [0.717, 1.165) is 5.56 Å². The van der Waals surface area contributed by atoms with Gasteiger partial charge >= 0.3 is 14.2 Å². The normalized spacial score (nSPS) is 30.0. The molecular formula is C15H19O9P. The molecule has 1 heterocycles. The molecule has 1 fully saturated rings. The molecule has 2 rings (SSSR count). The van der Waals surface area contributed by atoms with Crippen LogP contribution in [0.3, 0.4) is 0 Å². The average Bonchev–Trinajstić information content (AvgIpc) is 2.58. The Balaban J connectivity index is 2.25. The highest BCUT2D eigenvalue weighted by Crippen LogP contribution is 2.31. The number of aliphatic hydroxyl groups is 2. The van der Waals surface area contributed by atoms with Gasteiger partial charge in [0.2, 0.25) is 6.10 Å². The van der Waals surface area contributed by atoms with Crippen LogP contribution in [-0.2, 0) is 23.3 Å². The Bertz CT molecular complexity index is 606. The zero-order chi connectivity index (χ0) is 18.6. The Labute approximate surface area is 145 Å². The van der Waals surface area contributed by atoms with Crippen LogP contribution in [0.4, 0.5) is 0 Å². The topological polar surface area (TPSA) is 135 Å². The molecule has 2 N–H and O–H groups in total. The van der Waals surface area contributed by atoms with Crippen LogP contribution in [0.15, 0.2) is 24.3 Å². The van der Waals surface area contributed by atoms with Crippen LogP contribution in [0.2, 0.25) is 0 Å². The summed E-state index contributed by atoms with van der Waals surface area (Å²) in [7, 11) is -2.10. The zero-order valence-electron chi connectivity index (χ0n) is 13.6. The summed E-state index contributed by atoms with van der Waals surface area (Å²) in [5.41, 5.74) is 1.15. The van der Waals surface area contributed by atoms with E-state index in [0.29, 0.717) is 0 Å². The van der Waals surface area contributed by atoms with Gasteiger partial charge in [0.05, 0.1) is 12.2 Å².